The summed E-state index contributed by atoms with van der Waals surface area (Å²) in [7, 11) is -3.85. The zero-order valence-electron chi connectivity index (χ0n) is 14.1. The summed E-state index contributed by atoms with van der Waals surface area (Å²) < 4.78 is 37.2. The Kier molecular flexibility index (Phi) is 6.27. The van der Waals surface area contributed by atoms with Gasteiger partial charge in [0.05, 0.1) is 11.3 Å². The first kappa shape index (κ1) is 19.1. The van der Waals surface area contributed by atoms with Crippen LogP contribution in [0.3, 0.4) is 0 Å². The van der Waals surface area contributed by atoms with Gasteiger partial charge in [-0.15, -0.1) is 4.83 Å². The molecule has 7 heteroatoms. The highest BCUT2D eigenvalue weighted by atomic mass is 32.2. The summed E-state index contributed by atoms with van der Waals surface area (Å²) in [6.07, 6.45) is 0.902. The molecular formula is C18H21FN2O3S. The zero-order chi connectivity index (χ0) is 18.4. The van der Waals surface area contributed by atoms with Crippen molar-refractivity contribution in [1.82, 2.24) is 10.3 Å². The van der Waals surface area contributed by atoms with Crippen LogP contribution in [0.4, 0.5) is 4.39 Å². The molecule has 0 aliphatic heterocycles. The van der Waals surface area contributed by atoms with Crippen LogP contribution in [-0.4, -0.2) is 14.3 Å². The maximum Gasteiger partial charge on any atom is 0.257 e. The normalized spacial score (nSPS) is 12.6. The molecule has 0 fully saturated rings. The zero-order valence-corrected chi connectivity index (χ0v) is 14.9. The van der Waals surface area contributed by atoms with Gasteiger partial charge in [-0.2, -0.15) is 0 Å². The monoisotopic (exact) mass is 364 g/mol. The van der Waals surface area contributed by atoms with Crippen molar-refractivity contribution in [2.24, 2.45) is 0 Å². The molecule has 0 bridgehead atoms. The molecule has 0 saturated heterocycles. The third-order valence-corrected chi connectivity index (χ3v) is 5.24. The van der Waals surface area contributed by atoms with Gasteiger partial charge in [0, 0.05) is 0 Å². The third kappa shape index (κ3) is 5.37. The number of nitrogens with one attached hydrogen (secondary N) is 2. The van der Waals surface area contributed by atoms with Gasteiger partial charge in [-0.1, -0.05) is 38.1 Å². The van der Waals surface area contributed by atoms with Gasteiger partial charge in [0.2, 0.25) is 5.91 Å². The molecule has 2 rings (SSSR count). The molecule has 0 radical (unpaired) electrons. The van der Waals surface area contributed by atoms with Crippen molar-refractivity contribution < 1.29 is 17.6 Å². The molecule has 2 aromatic carbocycles. The smallest absolute Gasteiger partial charge is 0.257 e. The summed E-state index contributed by atoms with van der Waals surface area (Å²) >= 11 is 0. The van der Waals surface area contributed by atoms with Gasteiger partial charge in [-0.3, -0.25) is 10.2 Å². The van der Waals surface area contributed by atoms with E-state index in [9.17, 15) is 17.6 Å². The van der Waals surface area contributed by atoms with Crippen LogP contribution in [-0.2, 0) is 21.2 Å². The largest absolute Gasteiger partial charge is 0.277 e. The van der Waals surface area contributed by atoms with Gasteiger partial charge < -0.3 is 0 Å². The van der Waals surface area contributed by atoms with E-state index in [-0.39, 0.29) is 11.3 Å². The fourth-order valence-corrected chi connectivity index (χ4v) is 3.09. The molecule has 2 aromatic rings. The first-order valence-corrected chi connectivity index (χ1v) is 9.45. The molecule has 25 heavy (non-hydrogen) atoms. The standard InChI is InChI=1S/C18H21FN2O3S/c1-3-13(2)15-6-10-17(11-7-15)25(23,24)21-20-18(22)12-14-4-8-16(19)9-5-14/h4-11,13,21H,3,12H2,1-2H3,(H,20,22)/t13-/m0/s1. The summed E-state index contributed by atoms with van der Waals surface area (Å²) in [6, 6.07) is 12.0. The van der Waals surface area contributed by atoms with Gasteiger partial charge >= 0.3 is 0 Å². The first-order valence-electron chi connectivity index (χ1n) is 7.97. The number of hydrazine groups is 1. The lowest BCUT2D eigenvalue weighted by Crippen LogP contribution is -2.42. The number of halogens is 1. The number of benzene rings is 2. The number of rotatable bonds is 7. The van der Waals surface area contributed by atoms with E-state index in [1.807, 2.05) is 0 Å². The first-order chi connectivity index (χ1) is 11.8. The van der Waals surface area contributed by atoms with Crippen LogP contribution >= 0.6 is 0 Å². The second-order valence-corrected chi connectivity index (χ2v) is 7.52. The summed E-state index contributed by atoms with van der Waals surface area (Å²) in [5.41, 5.74) is 3.80. The minimum atomic E-state index is -3.85. The second kappa shape index (κ2) is 8.22. The number of amides is 1. The van der Waals surface area contributed by atoms with E-state index in [0.29, 0.717) is 11.5 Å². The Hall–Kier alpha value is -2.25. The van der Waals surface area contributed by atoms with Gasteiger partial charge in [-0.05, 0) is 47.7 Å². The Labute approximate surface area is 147 Å². The van der Waals surface area contributed by atoms with Crippen LogP contribution < -0.4 is 10.3 Å². The third-order valence-electron chi connectivity index (χ3n) is 3.97. The molecule has 0 saturated carbocycles. The molecule has 134 valence electrons. The highest BCUT2D eigenvalue weighted by Crippen LogP contribution is 2.20. The predicted molar refractivity (Wildman–Crippen MR) is 93.7 cm³/mol. The highest BCUT2D eigenvalue weighted by molar-refractivity contribution is 7.89. The quantitative estimate of drug-likeness (QED) is 0.742. The molecule has 0 heterocycles. The van der Waals surface area contributed by atoms with Gasteiger partial charge in [0.15, 0.2) is 0 Å². The van der Waals surface area contributed by atoms with Crippen LogP contribution in [0.2, 0.25) is 0 Å². The Morgan fingerprint density at radius 2 is 1.68 bits per heavy atom. The number of sulfonamides is 1. The molecular weight excluding hydrogens is 343 g/mol. The van der Waals surface area contributed by atoms with Crippen molar-refractivity contribution in [3.8, 4) is 0 Å². The minimum absolute atomic E-state index is 0.0598. The lowest BCUT2D eigenvalue weighted by atomic mass is 9.99. The van der Waals surface area contributed by atoms with Crippen LogP contribution in [0.1, 0.15) is 37.3 Å². The Bertz CT molecular complexity index is 818. The highest BCUT2D eigenvalue weighted by Gasteiger charge is 2.15. The number of hydrogen-bond acceptors (Lipinski definition) is 3. The molecule has 0 spiro atoms. The summed E-state index contributed by atoms with van der Waals surface area (Å²) in [6.45, 7) is 4.13. The topological polar surface area (TPSA) is 75.3 Å². The van der Waals surface area contributed by atoms with E-state index in [2.05, 4.69) is 24.1 Å². The summed E-state index contributed by atoms with van der Waals surface area (Å²) in [5, 5.41) is 0. The van der Waals surface area contributed by atoms with E-state index >= 15 is 0 Å². The van der Waals surface area contributed by atoms with Crippen molar-refractivity contribution in [2.45, 2.75) is 37.5 Å². The van der Waals surface area contributed by atoms with Crippen LogP contribution in [0, 0.1) is 5.82 Å². The van der Waals surface area contributed by atoms with Crippen molar-refractivity contribution in [3.63, 3.8) is 0 Å². The molecule has 0 unspecified atom stereocenters. The van der Waals surface area contributed by atoms with E-state index in [0.717, 1.165) is 12.0 Å². The van der Waals surface area contributed by atoms with E-state index in [1.165, 1.54) is 36.4 Å². The van der Waals surface area contributed by atoms with Crippen LogP contribution in [0.5, 0.6) is 0 Å². The van der Waals surface area contributed by atoms with Crippen molar-refractivity contribution >= 4 is 15.9 Å². The maximum atomic E-state index is 12.8. The molecule has 1 atom stereocenters. The molecule has 2 N–H and O–H groups in total. The lowest BCUT2D eigenvalue weighted by molar-refractivity contribution is -0.120. The van der Waals surface area contributed by atoms with Gasteiger partial charge in [0.1, 0.15) is 5.82 Å². The summed E-state index contributed by atoms with van der Waals surface area (Å²) in [5.74, 6) is -0.586. The molecule has 1 amide bonds. The molecule has 0 aliphatic carbocycles. The SMILES string of the molecule is CC[C@H](C)c1ccc(S(=O)(=O)NNC(=O)Cc2ccc(F)cc2)cc1. The fourth-order valence-electron chi connectivity index (χ4n) is 2.23. The molecule has 0 aromatic heterocycles. The Balaban J connectivity index is 1.96. The second-order valence-electron chi connectivity index (χ2n) is 5.84. The predicted octanol–water partition coefficient (Wildman–Crippen LogP) is 2.89. The van der Waals surface area contributed by atoms with Gasteiger partial charge in [0.25, 0.3) is 10.0 Å². The van der Waals surface area contributed by atoms with Crippen LogP contribution in [0.25, 0.3) is 0 Å². The fraction of sp³-hybridized carbons (Fsp3) is 0.278. The van der Waals surface area contributed by atoms with Crippen LogP contribution in [0.15, 0.2) is 53.4 Å². The Morgan fingerprint density at radius 3 is 2.24 bits per heavy atom. The number of carbonyl (C=O) groups is 1. The van der Waals surface area contributed by atoms with E-state index in [1.54, 1.807) is 12.1 Å². The average molecular weight is 364 g/mol. The van der Waals surface area contributed by atoms with E-state index < -0.39 is 21.7 Å². The maximum absolute atomic E-state index is 12.8. The van der Waals surface area contributed by atoms with Crippen molar-refractivity contribution in [2.75, 3.05) is 0 Å². The Morgan fingerprint density at radius 1 is 1.08 bits per heavy atom. The number of carbonyl (C=O) groups excluding carboxylic acids is 1. The minimum Gasteiger partial charge on any atom is -0.277 e. The van der Waals surface area contributed by atoms with Gasteiger partial charge in [-0.25, -0.2) is 12.8 Å². The molecule has 0 aliphatic rings. The average Bonchev–Trinajstić information content (AvgIpc) is 2.61. The van der Waals surface area contributed by atoms with Crippen molar-refractivity contribution in [1.29, 1.82) is 0 Å². The van der Waals surface area contributed by atoms with E-state index in [4.69, 9.17) is 0 Å². The lowest BCUT2D eigenvalue weighted by Gasteiger charge is -2.11. The molecule has 5 nitrogen and oxygen atoms in total. The van der Waals surface area contributed by atoms with Crippen molar-refractivity contribution in [3.05, 3.63) is 65.5 Å². The number of hydrogen-bond donors (Lipinski definition) is 2. The summed E-state index contributed by atoms with van der Waals surface area (Å²) in [4.78, 5) is 14.0.